The summed E-state index contributed by atoms with van der Waals surface area (Å²) in [4.78, 5) is 0. The number of hydrogen-bond donors (Lipinski definition) is 0. The predicted molar refractivity (Wildman–Crippen MR) is 85.3 cm³/mol. The van der Waals surface area contributed by atoms with E-state index in [-0.39, 0.29) is 5.92 Å². The lowest BCUT2D eigenvalue weighted by atomic mass is 9.74. The maximum atomic E-state index is 12.8. The van der Waals surface area contributed by atoms with Crippen LogP contribution in [0.2, 0.25) is 13.1 Å². The maximum absolute atomic E-state index is 12.8. The molecule has 0 N–H and O–H groups in total. The highest BCUT2D eigenvalue weighted by Gasteiger charge is 2.68. The van der Waals surface area contributed by atoms with Gasteiger partial charge in [0.05, 0.1) is 0 Å². The zero-order valence-electron chi connectivity index (χ0n) is 15.4. The molecule has 2 bridgehead atoms. The molecule has 0 radical (unpaired) electrons. The zero-order valence-corrected chi connectivity index (χ0v) is 16.4. The van der Waals surface area contributed by atoms with Gasteiger partial charge < -0.3 is 8.85 Å². The van der Waals surface area contributed by atoms with Crippen LogP contribution in [0.4, 0.5) is 26.3 Å². The molecule has 2 aliphatic rings. The van der Waals surface area contributed by atoms with Crippen molar-refractivity contribution in [3.63, 3.8) is 0 Å². The summed E-state index contributed by atoms with van der Waals surface area (Å²) in [6, 6.07) is 0. The average Bonchev–Trinajstić information content (AvgIpc) is 3.08. The maximum Gasteiger partial charge on any atom is 0.402 e. The van der Waals surface area contributed by atoms with E-state index in [2.05, 4.69) is 0 Å². The Morgan fingerprint density at radius 1 is 0.880 bits per heavy atom. The van der Waals surface area contributed by atoms with Gasteiger partial charge in [-0.05, 0) is 63.5 Å². The Balaban J connectivity index is 0.000000381. The van der Waals surface area contributed by atoms with Crippen LogP contribution in [-0.4, -0.2) is 35.1 Å². The quantitative estimate of drug-likeness (QED) is 0.435. The number of hydrogen-bond acceptors (Lipinski definition) is 2. The van der Waals surface area contributed by atoms with Gasteiger partial charge in [0, 0.05) is 14.2 Å². The van der Waals surface area contributed by atoms with Gasteiger partial charge in [0.1, 0.15) is 0 Å². The average molecular weight is 394 g/mol. The Hall–Kier alpha value is -0.283. The molecule has 3 atom stereocenters. The molecule has 2 saturated carbocycles. The molecule has 25 heavy (non-hydrogen) atoms. The topological polar surface area (TPSA) is 18.5 Å². The van der Waals surface area contributed by atoms with Gasteiger partial charge >= 0.3 is 20.9 Å². The summed E-state index contributed by atoms with van der Waals surface area (Å²) in [6.45, 7) is 4.29. The van der Waals surface area contributed by atoms with Gasteiger partial charge in [0.2, 0.25) is 0 Å². The first-order chi connectivity index (χ1) is 11.2. The van der Waals surface area contributed by atoms with Crippen LogP contribution in [0, 0.1) is 23.2 Å². The fourth-order valence-electron chi connectivity index (χ4n) is 3.63. The molecule has 2 aliphatic carbocycles. The first kappa shape index (κ1) is 22.8. The van der Waals surface area contributed by atoms with Crippen molar-refractivity contribution >= 4 is 8.56 Å². The van der Waals surface area contributed by atoms with Crippen LogP contribution in [0.5, 0.6) is 0 Å². The normalized spacial score (nSPS) is 27.2. The second-order valence-electron chi connectivity index (χ2n) is 7.77. The number of rotatable bonds is 4. The second-order valence-corrected chi connectivity index (χ2v) is 11.4. The number of fused-ring (bicyclic) bond motifs is 2. The highest BCUT2D eigenvalue weighted by atomic mass is 28.4. The molecule has 0 spiro atoms. The van der Waals surface area contributed by atoms with Crippen molar-refractivity contribution in [1.29, 1.82) is 0 Å². The van der Waals surface area contributed by atoms with E-state index < -0.39 is 38.7 Å². The second kappa shape index (κ2) is 7.76. The summed E-state index contributed by atoms with van der Waals surface area (Å²) >= 11 is 0. The Labute approximate surface area is 146 Å². The standard InChI is InChI=1S/C12H16F6.C4H12O2Si/c1-10(11(13,14)15,12(16,17)18)6-9-5-7-2-3-8(9)4-7;1-5-7(3,4)6-2/h7-9H,2-6H2,1H3;1-4H3. The van der Waals surface area contributed by atoms with Gasteiger partial charge in [0.15, 0.2) is 5.41 Å². The summed E-state index contributed by atoms with van der Waals surface area (Å²) in [7, 11) is 1.70. The van der Waals surface area contributed by atoms with Crippen molar-refractivity contribution in [2.75, 3.05) is 14.2 Å². The molecule has 3 unspecified atom stereocenters. The summed E-state index contributed by atoms with van der Waals surface area (Å²) in [5, 5.41) is 0. The molecule has 2 rings (SSSR count). The highest BCUT2D eigenvalue weighted by Crippen LogP contribution is 2.59. The Morgan fingerprint density at radius 2 is 1.36 bits per heavy atom. The van der Waals surface area contributed by atoms with Gasteiger partial charge in [-0.25, -0.2) is 0 Å². The smallest absolute Gasteiger partial charge is 0.398 e. The third-order valence-corrected chi connectivity index (χ3v) is 7.76. The van der Waals surface area contributed by atoms with Crippen LogP contribution in [0.25, 0.3) is 0 Å². The Kier molecular flexibility index (Phi) is 7.06. The predicted octanol–water partition coefficient (Wildman–Crippen LogP) is 5.92. The zero-order chi connectivity index (χ0) is 19.7. The summed E-state index contributed by atoms with van der Waals surface area (Å²) in [5.74, 6) is 0.00161. The lowest BCUT2D eigenvalue weighted by molar-refractivity contribution is -0.340. The molecule has 2 fully saturated rings. The van der Waals surface area contributed by atoms with E-state index >= 15 is 0 Å². The van der Waals surface area contributed by atoms with Gasteiger partial charge in [-0.15, -0.1) is 0 Å². The van der Waals surface area contributed by atoms with Crippen LogP contribution in [0.3, 0.4) is 0 Å². The Morgan fingerprint density at radius 3 is 1.60 bits per heavy atom. The van der Waals surface area contributed by atoms with E-state index in [1.54, 1.807) is 14.2 Å². The molecule has 0 heterocycles. The van der Waals surface area contributed by atoms with Crippen molar-refractivity contribution in [3.05, 3.63) is 0 Å². The Bertz CT molecular complexity index is 415. The van der Waals surface area contributed by atoms with Crippen molar-refractivity contribution in [3.8, 4) is 0 Å². The van der Waals surface area contributed by atoms with Gasteiger partial charge in [0.25, 0.3) is 0 Å². The third-order valence-electron chi connectivity index (χ3n) is 5.79. The minimum Gasteiger partial charge on any atom is -0.398 e. The van der Waals surface area contributed by atoms with Crippen molar-refractivity contribution in [2.24, 2.45) is 23.2 Å². The first-order valence-corrected chi connectivity index (χ1v) is 11.2. The molecule has 0 aromatic rings. The van der Waals surface area contributed by atoms with Gasteiger partial charge in [-0.2, -0.15) is 26.3 Å². The lowest BCUT2D eigenvalue weighted by Gasteiger charge is -2.37. The van der Waals surface area contributed by atoms with Crippen molar-refractivity contribution in [2.45, 2.75) is 64.5 Å². The van der Waals surface area contributed by atoms with Gasteiger partial charge in [-0.3, -0.25) is 0 Å². The van der Waals surface area contributed by atoms with E-state index in [1.807, 2.05) is 13.1 Å². The molecule has 9 heteroatoms. The molecule has 0 aromatic heterocycles. The largest absolute Gasteiger partial charge is 0.402 e. The van der Waals surface area contributed by atoms with Crippen molar-refractivity contribution in [1.82, 2.24) is 0 Å². The third kappa shape index (κ3) is 5.35. The van der Waals surface area contributed by atoms with E-state index in [0.29, 0.717) is 19.3 Å². The summed E-state index contributed by atoms with van der Waals surface area (Å²) in [6.07, 6.45) is -8.15. The van der Waals surface area contributed by atoms with E-state index in [1.165, 1.54) is 0 Å². The summed E-state index contributed by atoms with van der Waals surface area (Å²) in [5.41, 5.74) is -3.56. The summed E-state index contributed by atoms with van der Waals surface area (Å²) < 4.78 is 86.7. The highest BCUT2D eigenvalue weighted by molar-refractivity contribution is 6.64. The molecule has 0 saturated heterocycles. The number of alkyl halides is 6. The van der Waals surface area contributed by atoms with Crippen LogP contribution in [0.15, 0.2) is 0 Å². The SMILES string of the molecule is CC(CC1CC2CCC1C2)(C(F)(F)F)C(F)(F)F.CO[Si](C)(C)OC. The van der Waals surface area contributed by atoms with Crippen LogP contribution >= 0.6 is 0 Å². The van der Waals surface area contributed by atoms with Gasteiger partial charge in [-0.1, -0.05) is 6.42 Å². The minimum atomic E-state index is -5.23. The molecule has 0 aromatic carbocycles. The van der Waals surface area contributed by atoms with Crippen LogP contribution in [0.1, 0.15) is 39.0 Å². The van der Waals surface area contributed by atoms with Crippen LogP contribution < -0.4 is 0 Å². The van der Waals surface area contributed by atoms with E-state index in [4.69, 9.17) is 8.85 Å². The molecule has 0 amide bonds. The first-order valence-electron chi connectivity index (χ1n) is 8.40. The molecule has 0 aliphatic heterocycles. The van der Waals surface area contributed by atoms with Crippen LogP contribution in [-0.2, 0) is 8.85 Å². The van der Waals surface area contributed by atoms with Crippen molar-refractivity contribution < 1.29 is 35.2 Å². The monoisotopic (exact) mass is 394 g/mol. The number of halogens is 6. The fourth-order valence-corrected chi connectivity index (χ4v) is 3.79. The molecule has 150 valence electrons. The fraction of sp³-hybridized carbons (Fsp3) is 1.00. The van der Waals surface area contributed by atoms with E-state index in [0.717, 1.165) is 19.3 Å². The molecular formula is C16H28F6O2Si. The van der Waals surface area contributed by atoms with E-state index in [9.17, 15) is 26.3 Å². The lowest BCUT2D eigenvalue weighted by Crippen LogP contribution is -2.49. The molecular weight excluding hydrogens is 366 g/mol. The molecule has 2 nitrogen and oxygen atoms in total. The minimum absolute atomic E-state index is 0.0685.